The zero-order valence-electron chi connectivity index (χ0n) is 18.3. The standard InChI is InChI=1S/C23H26IN5O3/c1-15(2)32-17-6-4-16(5-7-17)27-23(30)29-10-8-28(9-11-29)22-18-12-21(31-3)19(24)13-20(18)25-14-26-22/h4-7,12-15H,8-11H2,1-3H3,(H,27,30). The van der Waals surface area contributed by atoms with Gasteiger partial charge in [0, 0.05) is 37.3 Å². The van der Waals surface area contributed by atoms with Crippen LogP contribution in [0.5, 0.6) is 11.5 Å². The molecular weight excluding hydrogens is 521 g/mol. The predicted octanol–water partition coefficient (Wildman–Crippen LogP) is 4.38. The van der Waals surface area contributed by atoms with Crippen molar-refractivity contribution in [2.75, 3.05) is 43.5 Å². The summed E-state index contributed by atoms with van der Waals surface area (Å²) in [5, 5.41) is 3.92. The molecule has 32 heavy (non-hydrogen) atoms. The normalized spacial score (nSPS) is 14.0. The minimum Gasteiger partial charge on any atom is -0.496 e. The van der Waals surface area contributed by atoms with Crippen LogP contribution in [-0.2, 0) is 0 Å². The third kappa shape index (κ3) is 4.98. The van der Waals surface area contributed by atoms with E-state index in [1.807, 2.05) is 55.1 Å². The number of aromatic nitrogens is 2. The molecule has 3 aromatic rings. The summed E-state index contributed by atoms with van der Waals surface area (Å²) in [5.41, 5.74) is 1.63. The summed E-state index contributed by atoms with van der Waals surface area (Å²) in [4.78, 5) is 25.7. The first-order valence-electron chi connectivity index (χ1n) is 10.5. The van der Waals surface area contributed by atoms with Gasteiger partial charge in [0.15, 0.2) is 0 Å². The number of piperazine rings is 1. The molecule has 0 radical (unpaired) electrons. The number of benzene rings is 2. The maximum atomic E-state index is 12.7. The number of halogens is 1. The lowest BCUT2D eigenvalue weighted by molar-refractivity contribution is 0.208. The molecule has 4 rings (SSSR count). The van der Waals surface area contributed by atoms with Crippen LogP contribution in [0.15, 0.2) is 42.7 Å². The third-order valence-corrected chi connectivity index (χ3v) is 6.07. The Kier molecular flexibility index (Phi) is 6.83. The topological polar surface area (TPSA) is 79.8 Å². The predicted molar refractivity (Wildman–Crippen MR) is 134 cm³/mol. The van der Waals surface area contributed by atoms with Crippen LogP contribution in [0.4, 0.5) is 16.3 Å². The molecule has 1 aliphatic heterocycles. The van der Waals surface area contributed by atoms with Gasteiger partial charge >= 0.3 is 6.03 Å². The van der Waals surface area contributed by atoms with Crippen LogP contribution in [0.1, 0.15) is 13.8 Å². The monoisotopic (exact) mass is 547 g/mol. The van der Waals surface area contributed by atoms with E-state index in [0.717, 1.165) is 37.5 Å². The quantitative estimate of drug-likeness (QED) is 0.478. The Hall–Kier alpha value is -2.82. The fourth-order valence-electron chi connectivity index (χ4n) is 3.67. The van der Waals surface area contributed by atoms with Crippen molar-refractivity contribution in [3.05, 3.63) is 46.3 Å². The summed E-state index contributed by atoms with van der Waals surface area (Å²) < 4.78 is 12.1. The largest absolute Gasteiger partial charge is 0.496 e. The first-order valence-corrected chi connectivity index (χ1v) is 11.6. The smallest absolute Gasteiger partial charge is 0.321 e. The molecule has 168 valence electrons. The van der Waals surface area contributed by atoms with E-state index in [2.05, 4.69) is 42.8 Å². The molecule has 0 bridgehead atoms. The average molecular weight is 547 g/mol. The van der Waals surface area contributed by atoms with Gasteiger partial charge in [0.25, 0.3) is 0 Å². The lowest BCUT2D eigenvalue weighted by Crippen LogP contribution is -2.50. The van der Waals surface area contributed by atoms with Gasteiger partial charge in [-0.2, -0.15) is 0 Å². The first kappa shape index (κ1) is 22.4. The van der Waals surface area contributed by atoms with Crippen molar-refractivity contribution in [1.29, 1.82) is 0 Å². The summed E-state index contributed by atoms with van der Waals surface area (Å²) in [5.74, 6) is 2.46. The second kappa shape index (κ2) is 9.76. The van der Waals surface area contributed by atoms with Crippen molar-refractivity contribution in [1.82, 2.24) is 14.9 Å². The van der Waals surface area contributed by atoms with Crippen molar-refractivity contribution >= 4 is 51.0 Å². The van der Waals surface area contributed by atoms with Crippen LogP contribution in [0, 0.1) is 3.57 Å². The molecule has 2 amide bonds. The maximum absolute atomic E-state index is 12.7. The number of nitrogens with one attached hydrogen (secondary N) is 1. The van der Waals surface area contributed by atoms with Crippen molar-refractivity contribution in [3.8, 4) is 11.5 Å². The van der Waals surface area contributed by atoms with Crippen LogP contribution in [-0.4, -0.2) is 60.3 Å². The SMILES string of the molecule is COc1cc2c(N3CCN(C(=O)Nc4ccc(OC(C)C)cc4)CC3)ncnc2cc1I. The zero-order valence-corrected chi connectivity index (χ0v) is 20.5. The molecule has 2 aromatic carbocycles. The van der Waals surface area contributed by atoms with Gasteiger partial charge in [-0.1, -0.05) is 0 Å². The maximum Gasteiger partial charge on any atom is 0.321 e. The first-order chi connectivity index (χ1) is 15.4. The average Bonchev–Trinajstić information content (AvgIpc) is 2.79. The fourth-order valence-corrected chi connectivity index (χ4v) is 4.34. The molecule has 1 saturated heterocycles. The van der Waals surface area contributed by atoms with Gasteiger partial charge in [-0.25, -0.2) is 14.8 Å². The van der Waals surface area contributed by atoms with Crippen LogP contribution >= 0.6 is 22.6 Å². The highest BCUT2D eigenvalue weighted by atomic mass is 127. The van der Waals surface area contributed by atoms with E-state index >= 15 is 0 Å². The minimum absolute atomic E-state index is 0.106. The number of ether oxygens (including phenoxy) is 2. The molecule has 1 fully saturated rings. The van der Waals surface area contributed by atoms with Crippen LogP contribution in [0.25, 0.3) is 10.9 Å². The molecule has 1 N–H and O–H groups in total. The number of methoxy groups -OCH3 is 1. The second-order valence-corrected chi connectivity index (χ2v) is 8.96. The van der Waals surface area contributed by atoms with Crippen molar-refractivity contribution in [2.24, 2.45) is 0 Å². The van der Waals surface area contributed by atoms with Gasteiger partial charge in [-0.05, 0) is 72.8 Å². The highest BCUT2D eigenvalue weighted by Gasteiger charge is 2.23. The number of rotatable bonds is 5. The van der Waals surface area contributed by atoms with Crippen molar-refractivity contribution in [3.63, 3.8) is 0 Å². The number of fused-ring (bicyclic) bond motifs is 1. The number of amides is 2. The Morgan fingerprint density at radius 1 is 1.09 bits per heavy atom. The molecule has 0 aliphatic carbocycles. The zero-order chi connectivity index (χ0) is 22.7. The second-order valence-electron chi connectivity index (χ2n) is 7.80. The Bertz CT molecular complexity index is 1100. The third-order valence-electron chi connectivity index (χ3n) is 5.23. The van der Waals surface area contributed by atoms with E-state index in [9.17, 15) is 4.79 Å². The Morgan fingerprint density at radius 2 is 1.81 bits per heavy atom. The summed E-state index contributed by atoms with van der Waals surface area (Å²) in [6, 6.07) is 11.3. The number of urea groups is 1. The van der Waals surface area contributed by atoms with Gasteiger partial charge in [-0.3, -0.25) is 0 Å². The van der Waals surface area contributed by atoms with Crippen LogP contribution < -0.4 is 19.7 Å². The van der Waals surface area contributed by atoms with Gasteiger partial charge in [-0.15, -0.1) is 0 Å². The molecule has 0 saturated carbocycles. The molecule has 2 heterocycles. The van der Waals surface area contributed by atoms with Gasteiger partial charge in [0.1, 0.15) is 23.6 Å². The van der Waals surface area contributed by atoms with Gasteiger partial charge in [0.2, 0.25) is 0 Å². The summed E-state index contributed by atoms with van der Waals surface area (Å²) in [6.45, 7) is 6.55. The number of hydrogen-bond donors (Lipinski definition) is 1. The highest BCUT2D eigenvalue weighted by Crippen LogP contribution is 2.31. The fraction of sp³-hybridized carbons (Fsp3) is 0.348. The van der Waals surface area contributed by atoms with E-state index in [1.54, 1.807) is 13.4 Å². The molecule has 1 aliphatic rings. The molecule has 8 nitrogen and oxygen atoms in total. The van der Waals surface area contributed by atoms with Crippen molar-refractivity contribution < 1.29 is 14.3 Å². The molecule has 9 heteroatoms. The number of nitrogens with zero attached hydrogens (tertiary/aromatic N) is 4. The van der Waals surface area contributed by atoms with E-state index < -0.39 is 0 Å². The summed E-state index contributed by atoms with van der Waals surface area (Å²) in [7, 11) is 1.66. The van der Waals surface area contributed by atoms with E-state index in [1.165, 1.54) is 0 Å². The Balaban J connectivity index is 1.40. The van der Waals surface area contributed by atoms with Crippen molar-refractivity contribution in [2.45, 2.75) is 20.0 Å². The van der Waals surface area contributed by atoms with E-state index in [-0.39, 0.29) is 12.1 Å². The molecular formula is C23H26IN5O3. The minimum atomic E-state index is -0.106. The highest BCUT2D eigenvalue weighted by molar-refractivity contribution is 14.1. The van der Waals surface area contributed by atoms with Gasteiger partial charge < -0.3 is 24.6 Å². The Labute approximate surface area is 201 Å². The number of anilines is 2. The van der Waals surface area contributed by atoms with Crippen LogP contribution in [0.2, 0.25) is 0 Å². The van der Waals surface area contributed by atoms with Gasteiger partial charge in [0.05, 0.1) is 22.3 Å². The molecule has 0 spiro atoms. The number of carbonyl (C=O) groups is 1. The van der Waals surface area contributed by atoms with E-state index in [0.29, 0.717) is 26.2 Å². The van der Waals surface area contributed by atoms with Crippen LogP contribution in [0.3, 0.4) is 0 Å². The number of carbonyl (C=O) groups excluding carboxylic acids is 1. The number of hydrogen-bond acceptors (Lipinski definition) is 6. The van der Waals surface area contributed by atoms with E-state index in [4.69, 9.17) is 9.47 Å². The molecule has 0 atom stereocenters. The molecule has 1 aromatic heterocycles. The lowest BCUT2D eigenvalue weighted by Gasteiger charge is -2.35. The lowest BCUT2D eigenvalue weighted by atomic mass is 10.2. The summed E-state index contributed by atoms with van der Waals surface area (Å²) in [6.07, 6.45) is 1.70. The molecule has 0 unspecified atom stereocenters. The Morgan fingerprint density at radius 3 is 2.47 bits per heavy atom. The summed E-state index contributed by atoms with van der Waals surface area (Å²) >= 11 is 2.24.